The first-order valence-electron chi connectivity index (χ1n) is 4.97. The van der Waals surface area contributed by atoms with E-state index >= 15 is 0 Å². The highest BCUT2D eigenvalue weighted by atomic mass is 16.5. The van der Waals surface area contributed by atoms with Crippen molar-refractivity contribution in [1.29, 1.82) is 0 Å². The standard InChI is InChI=1S/C9H16N2O4/c1-2-10-8(12)6-11-3-4-15-7(5-11)9(13)14/h7H,2-6H2,1H3,(H,10,12)(H,13,14). The number of carboxylic acid groups (broad SMARTS) is 1. The molecule has 1 unspecified atom stereocenters. The van der Waals surface area contributed by atoms with E-state index in [2.05, 4.69) is 5.32 Å². The maximum atomic E-state index is 11.2. The monoisotopic (exact) mass is 216 g/mol. The van der Waals surface area contributed by atoms with Gasteiger partial charge in [0.15, 0.2) is 6.10 Å². The molecule has 1 fully saturated rings. The van der Waals surface area contributed by atoms with Crippen LogP contribution in [-0.4, -0.2) is 60.8 Å². The number of nitrogens with zero attached hydrogens (tertiary/aromatic N) is 1. The lowest BCUT2D eigenvalue weighted by molar-refractivity contribution is -0.156. The Hall–Kier alpha value is -1.14. The van der Waals surface area contributed by atoms with Gasteiger partial charge >= 0.3 is 5.97 Å². The number of rotatable bonds is 4. The number of amides is 1. The zero-order valence-corrected chi connectivity index (χ0v) is 8.73. The number of morpholine rings is 1. The van der Waals surface area contributed by atoms with Crippen molar-refractivity contribution >= 4 is 11.9 Å². The summed E-state index contributed by atoms with van der Waals surface area (Å²) in [4.78, 5) is 23.7. The van der Waals surface area contributed by atoms with Crippen molar-refractivity contribution in [3.8, 4) is 0 Å². The van der Waals surface area contributed by atoms with Gasteiger partial charge in [0, 0.05) is 19.6 Å². The quantitative estimate of drug-likeness (QED) is 0.624. The Morgan fingerprint density at radius 2 is 2.33 bits per heavy atom. The fourth-order valence-corrected chi connectivity index (χ4v) is 1.45. The molecule has 1 saturated heterocycles. The van der Waals surface area contributed by atoms with Crippen molar-refractivity contribution < 1.29 is 19.4 Å². The smallest absolute Gasteiger partial charge is 0.334 e. The highest BCUT2D eigenvalue weighted by Crippen LogP contribution is 2.04. The Kier molecular flexibility index (Phi) is 4.51. The normalized spacial score (nSPS) is 22.3. The molecule has 1 heterocycles. The summed E-state index contributed by atoms with van der Waals surface area (Å²) >= 11 is 0. The van der Waals surface area contributed by atoms with Crippen LogP contribution >= 0.6 is 0 Å². The van der Waals surface area contributed by atoms with Gasteiger partial charge in [0.2, 0.25) is 5.91 Å². The Morgan fingerprint density at radius 3 is 2.93 bits per heavy atom. The first-order chi connectivity index (χ1) is 7.13. The van der Waals surface area contributed by atoms with Gasteiger partial charge in [-0.1, -0.05) is 0 Å². The summed E-state index contributed by atoms with van der Waals surface area (Å²) in [6.45, 7) is 3.90. The van der Waals surface area contributed by atoms with Crippen LogP contribution in [0.5, 0.6) is 0 Å². The third-order valence-corrected chi connectivity index (χ3v) is 2.17. The second-order valence-electron chi connectivity index (χ2n) is 3.39. The molecule has 6 nitrogen and oxygen atoms in total. The SMILES string of the molecule is CCNC(=O)CN1CCOC(C(=O)O)C1. The minimum absolute atomic E-state index is 0.0801. The third kappa shape index (κ3) is 3.85. The molecule has 6 heteroatoms. The number of carboxylic acids is 1. The number of nitrogens with one attached hydrogen (secondary N) is 1. The lowest BCUT2D eigenvalue weighted by Crippen LogP contribution is -2.49. The molecule has 0 aliphatic carbocycles. The molecule has 0 saturated carbocycles. The van der Waals surface area contributed by atoms with Gasteiger partial charge in [-0.05, 0) is 6.92 Å². The minimum atomic E-state index is -0.976. The van der Waals surface area contributed by atoms with Crippen molar-refractivity contribution in [2.24, 2.45) is 0 Å². The van der Waals surface area contributed by atoms with Gasteiger partial charge in [-0.3, -0.25) is 9.69 Å². The van der Waals surface area contributed by atoms with Gasteiger partial charge in [-0.2, -0.15) is 0 Å². The third-order valence-electron chi connectivity index (χ3n) is 2.17. The van der Waals surface area contributed by atoms with Crippen molar-refractivity contribution in [1.82, 2.24) is 10.2 Å². The second kappa shape index (κ2) is 5.67. The van der Waals surface area contributed by atoms with Crippen LogP contribution in [0.4, 0.5) is 0 Å². The Morgan fingerprint density at radius 1 is 1.60 bits per heavy atom. The van der Waals surface area contributed by atoms with E-state index in [4.69, 9.17) is 9.84 Å². The number of likely N-dealkylation sites (N-methyl/N-ethyl adjacent to an activating group) is 1. The predicted octanol–water partition coefficient (Wildman–Crippen LogP) is -1.09. The fourth-order valence-electron chi connectivity index (χ4n) is 1.45. The first kappa shape index (κ1) is 11.9. The van der Waals surface area contributed by atoms with E-state index in [1.54, 1.807) is 4.90 Å². The second-order valence-corrected chi connectivity index (χ2v) is 3.39. The van der Waals surface area contributed by atoms with E-state index in [1.807, 2.05) is 6.92 Å². The van der Waals surface area contributed by atoms with Crippen molar-refractivity contribution in [2.45, 2.75) is 13.0 Å². The molecule has 1 amide bonds. The molecule has 0 radical (unpaired) electrons. The topological polar surface area (TPSA) is 78.9 Å². The van der Waals surface area contributed by atoms with Crippen LogP contribution in [0.15, 0.2) is 0 Å². The van der Waals surface area contributed by atoms with Crippen molar-refractivity contribution in [3.05, 3.63) is 0 Å². The Labute approximate surface area is 88.2 Å². The summed E-state index contributed by atoms with van der Waals surface area (Å²) in [6.07, 6.45) is -0.812. The lowest BCUT2D eigenvalue weighted by Gasteiger charge is -2.30. The predicted molar refractivity (Wildman–Crippen MR) is 52.5 cm³/mol. The average Bonchev–Trinajstić information content (AvgIpc) is 2.18. The van der Waals surface area contributed by atoms with E-state index in [-0.39, 0.29) is 19.0 Å². The number of hydrogen-bond acceptors (Lipinski definition) is 4. The van der Waals surface area contributed by atoms with Crippen LogP contribution in [0.1, 0.15) is 6.92 Å². The van der Waals surface area contributed by atoms with Crippen LogP contribution in [0.2, 0.25) is 0 Å². The van der Waals surface area contributed by atoms with E-state index in [1.165, 1.54) is 0 Å². The summed E-state index contributed by atoms with van der Waals surface area (Å²) in [7, 11) is 0. The van der Waals surface area contributed by atoms with Gasteiger partial charge in [-0.15, -0.1) is 0 Å². The molecule has 0 aromatic carbocycles. The summed E-state index contributed by atoms with van der Waals surface area (Å²) in [5.41, 5.74) is 0. The number of carbonyl (C=O) groups is 2. The van der Waals surface area contributed by atoms with Gasteiger partial charge in [0.25, 0.3) is 0 Å². The number of carbonyl (C=O) groups excluding carboxylic acids is 1. The summed E-state index contributed by atoms with van der Waals surface area (Å²) in [5, 5.41) is 11.4. The van der Waals surface area contributed by atoms with Gasteiger partial charge in [-0.25, -0.2) is 4.79 Å². The maximum absolute atomic E-state index is 11.2. The van der Waals surface area contributed by atoms with E-state index in [9.17, 15) is 9.59 Å². The number of hydrogen-bond donors (Lipinski definition) is 2. The Bertz CT molecular complexity index is 244. The highest BCUT2D eigenvalue weighted by molar-refractivity contribution is 5.78. The molecule has 1 rings (SSSR count). The van der Waals surface area contributed by atoms with Crippen LogP contribution in [0.3, 0.4) is 0 Å². The largest absolute Gasteiger partial charge is 0.479 e. The van der Waals surface area contributed by atoms with Crippen LogP contribution < -0.4 is 5.32 Å². The summed E-state index contributed by atoms with van der Waals surface area (Å²) in [5.74, 6) is -1.06. The molecule has 86 valence electrons. The van der Waals surface area contributed by atoms with Gasteiger partial charge < -0.3 is 15.2 Å². The molecule has 0 aromatic heterocycles. The van der Waals surface area contributed by atoms with Gasteiger partial charge in [0.05, 0.1) is 13.2 Å². The lowest BCUT2D eigenvalue weighted by atomic mass is 10.2. The molecule has 1 aliphatic heterocycles. The van der Waals surface area contributed by atoms with Crippen molar-refractivity contribution in [2.75, 3.05) is 32.8 Å². The first-order valence-corrected chi connectivity index (χ1v) is 4.97. The van der Waals surface area contributed by atoms with E-state index in [0.717, 1.165) is 0 Å². The zero-order valence-electron chi connectivity index (χ0n) is 8.73. The number of aliphatic carboxylic acids is 1. The average molecular weight is 216 g/mol. The molecular weight excluding hydrogens is 200 g/mol. The Balaban J connectivity index is 2.36. The fraction of sp³-hybridized carbons (Fsp3) is 0.778. The molecule has 0 aromatic rings. The minimum Gasteiger partial charge on any atom is -0.479 e. The summed E-state index contributed by atoms with van der Waals surface area (Å²) in [6, 6.07) is 0. The molecule has 0 bridgehead atoms. The van der Waals surface area contributed by atoms with Crippen LogP contribution in [0, 0.1) is 0 Å². The zero-order chi connectivity index (χ0) is 11.3. The number of ether oxygens (including phenoxy) is 1. The molecular formula is C9H16N2O4. The van der Waals surface area contributed by atoms with Crippen LogP contribution in [0.25, 0.3) is 0 Å². The molecule has 15 heavy (non-hydrogen) atoms. The van der Waals surface area contributed by atoms with Crippen molar-refractivity contribution in [3.63, 3.8) is 0 Å². The molecule has 2 N–H and O–H groups in total. The molecule has 1 atom stereocenters. The molecule has 1 aliphatic rings. The van der Waals surface area contributed by atoms with Gasteiger partial charge in [0.1, 0.15) is 0 Å². The maximum Gasteiger partial charge on any atom is 0.334 e. The molecule has 0 spiro atoms. The van der Waals surface area contributed by atoms with E-state index < -0.39 is 12.1 Å². The summed E-state index contributed by atoms with van der Waals surface area (Å²) < 4.78 is 5.04. The van der Waals surface area contributed by atoms with E-state index in [0.29, 0.717) is 19.7 Å². The van der Waals surface area contributed by atoms with Crippen LogP contribution in [-0.2, 0) is 14.3 Å². The highest BCUT2D eigenvalue weighted by Gasteiger charge is 2.26.